The Bertz CT molecular complexity index is 647. The number of amides is 2. The number of carbonyl (C=O) groups excluding carboxylic acids is 3. The fourth-order valence-corrected chi connectivity index (χ4v) is 2.46. The lowest BCUT2D eigenvalue weighted by atomic mass is 10.1. The van der Waals surface area contributed by atoms with Crippen LogP contribution in [-0.2, 0) is 14.3 Å². The van der Waals surface area contributed by atoms with Crippen LogP contribution in [0.5, 0.6) is 11.5 Å². The van der Waals surface area contributed by atoms with E-state index in [2.05, 4.69) is 5.32 Å². The van der Waals surface area contributed by atoms with E-state index in [0.29, 0.717) is 43.2 Å². The van der Waals surface area contributed by atoms with Gasteiger partial charge in [-0.25, -0.2) is 0 Å². The fraction of sp³-hybridized carbons (Fsp3) is 0.526. The van der Waals surface area contributed by atoms with Crippen LogP contribution < -0.4 is 14.8 Å². The molecule has 0 aliphatic rings. The summed E-state index contributed by atoms with van der Waals surface area (Å²) in [6.45, 7) is 4.54. The Kier molecular flexibility index (Phi) is 9.71. The minimum absolute atomic E-state index is 0.104. The predicted octanol–water partition coefficient (Wildman–Crippen LogP) is 1.63. The largest absolute Gasteiger partial charge is 0.493 e. The number of carbonyl (C=O) groups is 3. The molecule has 150 valence electrons. The first-order chi connectivity index (χ1) is 12.9. The first-order valence-electron chi connectivity index (χ1n) is 8.84. The summed E-state index contributed by atoms with van der Waals surface area (Å²) in [5, 5.41) is 2.69. The molecule has 1 aromatic rings. The summed E-state index contributed by atoms with van der Waals surface area (Å²) in [6.07, 6.45) is 0.675. The molecular weight excluding hydrogens is 352 g/mol. The van der Waals surface area contributed by atoms with E-state index in [1.165, 1.54) is 21.1 Å². The van der Waals surface area contributed by atoms with Crippen LogP contribution in [0.15, 0.2) is 18.2 Å². The Morgan fingerprint density at radius 1 is 1.07 bits per heavy atom. The maximum atomic E-state index is 12.9. The van der Waals surface area contributed by atoms with Crippen molar-refractivity contribution in [2.45, 2.75) is 26.7 Å². The van der Waals surface area contributed by atoms with Gasteiger partial charge in [0.15, 0.2) is 11.5 Å². The van der Waals surface area contributed by atoms with Gasteiger partial charge in [0.25, 0.3) is 5.91 Å². The Hall–Kier alpha value is -2.77. The number of methoxy groups -OCH3 is 2. The minimum atomic E-state index is -0.357. The summed E-state index contributed by atoms with van der Waals surface area (Å²) in [6, 6.07) is 4.91. The van der Waals surface area contributed by atoms with Crippen molar-refractivity contribution in [1.82, 2.24) is 10.2 Å². The highest BCUT2D eigenvalue weighted by molar-refractivity contribution is 5.95. The van der Waals surface area contributed by atoms with E-state index in [1.54, 1.807) is 30.0 Å². The van der Waals surface area contributed by atoms with Crippen LogP contribution in [-0.4, -0.2) is 63.1 Å². The number of hydrogen-bond donors (Lipinski definition) is 1. The molecule has 0 bridgehead atoms. The van der Waals surface area contributed by atoms with E-state index in [-0.39, 0.29) is 30.7 Å². The second-order valence-electron chi connectivity index (χ2n) is 5.75. The molecule has 1 N–H and O–H groups in total. The maximum absolute atomic E-state index is 12.9. The van der Waals surface area contributed by atoms with Crippen molar-refractivity contribution in [2.75, 3.05) is 40.5 Å². The van der Waals surface area contributed by atoms with Gasteiger partial charge in [0, 0.05) is 32.1 Å². The third-order valence-corrected chi connectivity index (χ3v) is 3.79. The molecule has 0 radical (unpaired) electrons. The zero-order valence-corrected chi connectivity index (χ0v) is 16.4. The molecule has 8 heteroatoms. The van der Waals surface area contributed by atoms with Gasteiger partial charge >= 0.3 is 5.97 Å². The minimum Gasteiger partial charge on any atom is -0.493 e. The van der Waals surface area contributed by atoms with Crippen molar-refractivity contribution in [3.05, 3.63) is 23.8 Å². The van der Waals surface area contributed by atoms with Gasteiger partial charge in [0.05, 0.1) is 27.2 Å². The molecule has 1 aromatic carbocycles. The molecule has 2 amide bonds. The average Bonchev–Trinajstić information content (AvgIpc) is 2.66. The second kappa shape index (κ2) is 11.8. The standard InChI is InChI=1S/C19H28N2O6/c1-5-27-18(23)9-12-21(11-6-10-20-14(2)22)19(24)15-7-8-16(25-3)17(13-15)26-4/h7-8,13H,5-6,9-12H2,1-4H3,(H,20,22). The van der Waals surface area contributed by atoms with Gasteiger partial charge in [0.2, 0.25) is 5.91 Å². The monoisotopic (exact) mass is 380 g/mol. The number of ether oxygens (including phenoxy) is 3. The van der Waals surface area contributed by atoms with Crippen molar-refractivity contribution in [1.29, 1.82) is 0 Å². The van der Waals surface area contributed by atoms with Crippen LogP contribution in [0, 0.1) is 0 Å². The Balaban J connectivity index is 2.86. The Morgan fingerprint density at radius 3 is 2.37 bits per heavy atom. The molecule has 0 fully saturated rings. The lowest BCUT2D eigenvalue weighted by Crippen LogP contribution is -2.36. The van der Waals surface area contributed by atoms with Gasteiger partial charge in [-0.05, 0) is 31.5 Å². The smallest absolute Gasteiger partial charge is 0.307 e. The highest BCUT2D eigenvalue weighted by atomic mass is 16.5. The van der Waals surface area contributed by atoms with Crippen LogP contribution >= 0.6 is 0 Å². The van der Waals surface area contributed by atoms with Crippen LogP contribution in [0.25, 0.3) is 0 Å². The first kappa shape index (κ1) is 22.3. The zero-order valence-electron chi connectivity index (χ0n) is 16.4. The van der Waals surface area contributed by atoms with E-state index in [0.717, 1.165) is 0 Å². The molecular formula is C19H28N2O6. The second-order valence-corrected chi connectivity index (χ2v) is 5.75. The molecule has 1 rings (SSSR count). The van der Waals surface area contributed by atoms with Gasteiger partial charge in [-0.15, -0.1) is 0 Å². The van der Waals surface area contributed by atoms with Gasteiger partial charge in [0.1, 0.15) is 0 Å². The molecule has 0 aliphatic heterocycles. The van der Waals surface area contributed by atoms with E-state index >= 15 is 0 Å². The quantitative estimate of drug-likeness (QED) is 0.463. The number of nitrogens with one attached hydrogen (secondary N) is 1. The number of rotatable bonds is 11. The lowest BCUT2D eigenvalue weighted by molar-refractivity contribution is -0.143. The maximum Gasteiger partial charge on any atom is 0.307 e. The summed E-state index contributed by atoms with van der Waals surface area (Å²) < 4.78 is 15.4. The molecule has 27 heavy (non-hydrogen) atoms. The molecule has 0 unspecified atom stereocenters. The highest BCUT2D eigenvalue weighted by Gasteiger charge is 2.19. The molecule has 0 aromatic heterocycles. The van der Waals surface area contributed by atoms with Crippen molar-refractivity contribution in [3.63, 3.8) is 0 Å². The molecule has 8 nitrogen and oxygen atoms in total. The van der Waals surface area contributed by atoms with Gasteiger partial charge in [-0.2, -0.15) is 0 Å². The van der Waals surface area contributed by atoms with Gasteiger partial charge in [-0.1, -0.05) is 0 Å². The average molecular weight is 380 g/mol. The molecule has 0 atom stereocenters. The van der Waals surface area contributed by atoms with Crippen molar-refractivity contribution >= 4 is 17.8 Å². The molecule has 0 aliphatic carbocycles. The summed E-state index contributed by atoms with van der Waals surface area (Å²) in [4.78, 5) is 37.1. The number of benzene rings is 1. The third kappa shape index (κ3) is 7.55. The van der Waals surface area contributed by atoms with Crippen molar-refractivity contribution in [3.8, 4) is 11.5 Å². The first-order valence-corrected chi connectivity index (χ1v) is 8.84. The SMILES string of the molecule is CCOC(=O)CCN(CCCNC(C)=O)C(=O)c1ccc(OC)c(OC)c1. The van der Waals surface area contributed by atoms with E-state index < -0.39 is 0 Å². The number of nitrogens with zero attached hydrogens (tertiary/aromatic N) is 1. The van der Waals surface area contributed by atoms with E-state index in [1.807, 2.05) is 0 Å². The van der Waals surface area contributed by atoms with Crippen molar-refractivity contribution < 1.29 is 28.6 Å². The summed E-state index contributed by atoms with van der Waals surface area (Å²) in [5.74, 6) is 0.261. The molecule has 0 saturated heterocycles. The van der Waals surface area contributed by atoms with E-state index in [9.17, 15) is 14.4 Å². The van der Waals surface area contributed by atoms with Crippen LogP contribution in [0.1, 0.15) is 37.0 Å². The summed E-state index contributed by atoms with van der Waals surface area (Å²) in [7, 11) is 3.02. The molecule has 0 saturated carbocycles. The third-order valence-electron chi connectivity index (χ3n) is 3.79. The van der Waals surface area contributed by atoms with Crippen LogP contribution in [0.2, 0.25) is 0 Å². The van der Waals surface area contributed by atoms with Crippen LogP contribution in [0.4, 0.5) is 0 Å². The lowest BCUT2D eigenvalue weighted by Gasteiger charge is -2.23. The zero-order chi connectivity index (χ0) is 20.2. The predicted molar refractivity (Wildman–Crippen MR) is 100 cm³/mol. The summed E-state index contributed by atoms with van der Waals surface area (Å²) in [5.41, 5.74) is 0.427. The van der Waals surface area contributed by atoms with Gasteiger partial charge in [-0.3, -0.25) is 14.4 Å². The number of hydrogen-bond acceptors (Lipinski definition) is 6. The van der Waals surface area contributed by atoms with Crippen molar-refractivity contribution in [2.24, 2.45) is 0 Å². The highest BCUT2D eigenvalue weighted by Crippen LogP contribution is 2.28. The normalized spacial score (nSPS) is 10.1. The number of esters is 1. The summed E-state index contributed by atoms with van der Waals surface area (Å²) >= 11 is 0. The van der Waals surface area contributed by atoms with Gasteiger partial charge < -0.3 is 24.4 Å². The topological polar surface area (TPSA) is 94.2 Å². The van der Waals surface area contributed by atoms with Crippen LogP contribution in [0.3, 0.4) is 0 Å². The fourth-order valence-electron chi connectivity index (χ4n) is 2.46. The Morgan fingerprint density at radius 2 is 1.78 bits per heavy atom. The van der Waals surface area contributed by atoms with E-state index in [4.69, 9.17) is 14.2 Å². The Labute approximate surface area is 159 Å². The molecule has 0 spiro atoms. The molecule has 0 heterocycles.